The van der Waals surface area contributed by atoms with Crippen LogP contribution < -0.4 is 15.0 Å². The first-order valence-corrected chi connectivity index (χ1v) is 8.64. The zero-order chi connectivity index (χ0) is 18.0. The molecule has 2 aromatic rings. The van der Waals surface area contributed by atoms with E-state index in [1.165, 1.54) is 0 Å². The second-order valence-electron chi connectivity index (χ2n) is 5.95. The van der Waals surface area contributed by atoms with Crippen LogP contribution >= 0.6 is 22.6 Å². The van der Waals surface area contributed by atoms with E-state index in [1.54, 1.807) is 25.8 Å². The van der Waals surface area contributed by atoms with Gasteiger partial charge in [0.25, 0.3) is 5.56 Å². The van der Waals surface area contributed by atoms with Gasteiger partial charge in [0.15, 0.2) is 0 Å². The number of hydrogen-bond donors (Lipinski definition) is 0. The average Bonchev–Trinajstić information content (AvgIpc) is 2.55. The van der Waals surface area contributed by atoms with Crippen LogP contribution in [0.15, 0.2) is 23.0 Å². The lowest BCUT2D eigenvalue weighted by molar-refractivity contribution is 0.349. The zero-order valence-corrected chi connectivity index (χ0v) is 17.1. The SMILES string of the molecule is COc1cc(-c2cc(I)c(=O)n(C)c2C)cc(OC)c1CN(C)C. The van der Waals surface area contributed by atoms with Crippen molar-refractivity contribution in [2.24, 2.45) is 7.05 Å². The van der Waals surface area contributed by atoms with Crippen LogP contribution in [0.4, 0.5) is 0 Å². The zero-order valence-electron chi connectivity index (χ0n) is 14.9. The summed E-state index contributed by atoms with van der Waals surface area (Å²) in [7, 11) is 9.13. The fourth-order valence-corrected chi connectivity index (χ4v) is 3.36. The highest BCUT2D eigenvalue weighted by Gasteiger charge is 2.17. The summed E-state index contributed by atoms with van der Waals surface area (Å²) >= 11 is 2.08. The largest absolute Gasteiger partial charge is 0.496 e. The lowest BCUT2D eigenvalue weighted by Crippen LogP contribution is -2.22. The van der Waals surface area contributed by atoms with E-state index in [4.69, 9.17) is 9.47 Å². The summed E-state index contributed by atoms with van der Waals surface area (Å²) in [6, 6.07) is 5.92. The van der Waals surface area contributed by atoms with Gasteiger partial charge in [-0.1, -0.05) is 0 Å². The molecule has 0 aliphatic heterocycles. The third-order valence-electron chi connectivity index (χ3n) is 4.07. The van der Waals surface area contributed by atoms with E-state index >= 15 is 0 Å². The van der Waals surface area contributed by atoms with Crippen molar-refractivity contribution in [2.45, 2.75) is 13.5 Å². The molecule has 1 aromatic heterocycles. The maximum Gasteiger partial charge on any atom is 0.263 e. The second-order valence-corrected chi connectivity index (χ2v) is 7.11. The topological polar surface area (TPSA) is 43.7 Å². The van der Waals surface area contributed by atoms with Gasteiger partial charge in [-0.3, -0.25) is 4.79 Å². The second kappa shape index (κ2) is 7.57. The van der Waals surface area contributed by atoms with Crippen molar-refractivity contribution in [3.63, 3.8) is 0 Å². The van der Waals surface area contributed by atoms with Crippen molar-refractivity contribution in [3.05, 3.63) is 43.4 Å². The molecule has 0 amide bonds. The summed E-state index contributed by atoms with van der Waals surface area (Å²) < 4.78 is 13.6. The van der Waals surface area contributed by atoms with Gasteiger partial charge in [-0.2, -0.15) is 0 Å². The number of ether oxygens (including phenoxy) is 2. The summed E-state index contributed by atoms with van der Waals surface area (Å²) in [6.07, 6.45) is 0. The highest BCUT2D eigenvalue weighted by atomic mass is 127. The van der Waals surface area contributed by atoms with Gasteiger partial charge in [-0.25, -0.2) is 0 Å². The monoisotopic (exact) mass is 442 g/mol. The minimum Gasteiger partial charge on any atom is -0.496 e. The standard InChI is InChI=1S/C18H23IN2O3/c1-11-13(9-15(19)18(22)21(11)4)12-7-16(23-5)14(10-20(2)3)17(8-12)24-6/h7-9H,10H2,1-6H3. The molecule has 0 N–H and O–H groups in total. The van der Waals surface area contributed by atoms with Crippen LogP contribution in [-0.4, -0.2) is 37.8 Å². The summed E-state index contributed by atoms with van der Waals surface area (Å²) in [5.74, 6) is 1.56. The van der Waals surface area contributed by atoms with Crippen molar-refractivity contribution in [3.8, 4) is 22.6 Å². The van der Waals surface area contributed by atoms with Crippen molar-refractivity contribution in [1.82, 2.24) is 9.47 Å². The van der Waals surface area contributed by atoms with Gasteiger partial charge in [0.05, 0.1) is 23.4 Å². The first kappa shape index (κ1) is 18.8. The Morgan fingerprint density at radius 3 is 2.12 bits per heavy atom. The molecule has 5 nitrogen and oxygen atoms in total. The van der Waals surface area contributed by atoms with Gasteiger partial charge >= 0.3 is 0 Å². The van der Waals surface area contributed by atoms with Crippen molar-refractivity contribution < 1.29 is 9.47 Å². The van der Waals surface area contributed by atoms with Gasteiger partial charge in [-0.15, -0.1) is 0 Å². The van der Waals surface area contributed by atoms with E-state index in [0.29, 0.717) is 3.57 Å². The molecule has 0 saturated heterocycles. The quantitative estimate of drug-likeness (QED) is 0.668. The van der Waals surface area contributed by atoms with Crippen LogP contribution in [-0.2, 0) is 13.6 Å². The fraction of sp³-hybridized carbons (Fsp3) is 0.389. The van der Waals surface area contributed by atoms with Crippen molar-refractivity contribution >= 4 is 22.6 Å². The molecule has 1 heterocycles. The van der Waals surface area contributed by atoms with Gasteiger partial charge in [0.2, 0.25) is 0 Å². The smallest absolute Gasteiger partial charge is 0.263 e. The Morgan fingerprint density at radius 2 is 1.67 bits per heavy atom. The highest BCUT2D eigenvalue weighted by molar-refractivity contribution is 14.1. The van der Waals surface area contributed by atoms with E-state index in [2.05, 4.69) is 27.5 Å². The predicted molar refractivity (Wildman–Crippen MR) is 105 cm³/mol. The molecule has 0 radical (unpaired) electrons. The van der Waals surface area contributed by atoms with Crippen LogP contribution in [0.25, 0.3) is 11.1 Å². The number of pyridine rings is 1. The van der Waals surface area contributed by atoms with Crippen LogP contribution in [0.3, 0.4) is 0 Å². The molecule has 0 unspecified atom stereocenters. The Morgan fingerprint density at radius 1 is 1.12 bits per heavy atom. The van der Waals surface area contributed by atoms with E-state index in [0.717, 1.165) is 40.4 Å². The number of aromatic nitrogens is 1. The number of methoxy groups -OCH3 is 2. The summed E-state index contributed by atoms with van der Waals surface area (Å²) in [5.41, 5.74) is 3.89. The molecule has 0 saturated carbocycles. The minimum atomic E-state index is 0.0139. The molecular formula is C18H23IN2O3. The lowest BCUT2D eigenvalue weighted by atomic mass is 10.0. The van der Waals surface area contributed by atoms with Crippen LogP contribution in [0.5, 0.6) is 11.5 Å². The van der Waals surface area contributed by atoms with E-state index in [1.807, 2.05) is 39.2 Å². The summed E-state index contributed by atoms with van der Waals surface area (Å²) in [4.78, 5) is 14.2. The predicted octanol–water partition coefficient (Wildman–Crippen LogP) is 3.04. The van der Waals surface area contributed by atoms with Crippen molar-refractivity contribution in [1.29, 1.82) is 0 Å². The van der Waals surface area contributed by atoms with Crippen LogP contribution in [0, 0.1) is 10.5 Å². The molecule has 0 spiro atoms. The number of nitrogens with zero attached hydrogens (tertiary/aromatic N) is 2. The average molecular weight is 442 g/mol. The number of benzene rings is 1. The normalized spacial score (nSPS) is 11.0. The number of hydrogen-bond acceptors (Lipinski definition) is 4. The maximum absolute atomic E-state index is 12.1. The minimum absolute atomic E-state index is 0.0139. The molecule has 2 rings (SSSR count). The van der Waals surface area contributed by atoms with Crippen LogP contribution in [0.2, 0.25) is 0 Å². The van der Waals surface area contributed by atoms with Gasteiger partial charge < -0.3 is 18.9 Å². The van der Waals surface area contributed by atoms with E-state index < -0.39 is 0 Å². The molecule has 24 heavy (non-hydrogen) atoms. The Labute approximate surface area is 156 Å². The summed E-state index contributed by atoms with van der Waals surface area (Å²) in [5, 5.41) is 0. The molecule has 130 valence electrons. The highest BCUT2D eigenvalue weighted by Crippen LogP contribution is 2.36. The molecule has 0 fully saturated rings. The van der Waals surface area contributed by atoms with Gasteiger partial charge in [0, 0.05) is 24.8 Å². The molecule has 0 aliphatic carbocycles. The van der Waals surface area contributed by atoms with Crippen molar-refractivity contribution in [2.75, 3.05) is 28.3 Å². The summed E-state index contributed by atoms with van der Waals surface area (Å²) in [6.45, 7) is 2.66. The third kappa shape index (κ3) is 3.59. The first-order chi connectivity index (χ1) is 11.3. The Kier molecular flexibility index (Phi) is 5.92. The Balaban J connectivity index is 2.71. The van der Waals surface area contributed by atoms with Crippen LogP contribution in [0.1, 0.15) is 11.3 Å². The van der Waals surface area contributed by atoms with Gasteiger partial charge in [-0.05, 0) is 67.4 Å². The number of halogens is 1. The molecule has 0 atom stereocenters. The molecule has 0 bridgehead atoms. The lowest BCUT2D eigenvalue weighted by Gasteiger charge is -2.19. The first-order valence-electron chi connectivity index (χ1n) is 7.56. The third-order valence-corrected chi connectivity index (χ3v) is 4.84. The number of rotatable bonds is 5. The molecule has 0 aliphatic rings. The van der Waals surface area contributed by atoms with E-state index in [9.17, 15) is 4.79 Å². The Bertz CT molecular complexity index is 788. The fourth-order valence-electron chi connectivity index (χ4n) is 2.69. The Hall–Kier alpha value is -1.54. The van der Waals surface area contributed by atoms with E-state index in [-0.39, 0.29) is 5.56 Å². The molecule has 1 aromatic carbocycles. The maximum atomic E-state index is 12.1. The van der Waals surface area contributed by atoms with Gasteiger partial charge in [0.1, 0.15) is 11.5 Å². The molecular weight excluding hydrogens is 419 g/mol. The molecule has 6 heteroatoms.